The molecule has 0 saturated carbocycles. The maximum absolute atomic E-state index is 11.2. The highest BCUT2D eigenvalue weighted by atomic mass is 16.2. The lowest BCUT2D eigenvalue weighted by Gasteiger charge is -2.28. The Morgan fingerprint density at radius 2 is 2.17 bits per heavy atom. The lowest BCUT2D eigenvalue weighted by molar-refractivity contribution is -0.129. The van der Waals surface area contributed by atoms with E-state index < -0.39 is 0 Å². The van der Waals surface area contributed by atoms with Gasteiger partial charge in [0.25, 0.3) is 0 Å². The molecular weight excluding hydrogens is 152 g/mol. The van der Waals surface area contributed by atoms with Gasteiger partial charge in [-0.3, -0.25) is 4.79 Å². The zero-order chi connectivity index (χ0) is 9.14. The number of carbonyl (C=O) groups excluding carboxylic acids is 1. The fourth-order valence-electron chi connectivity index (χ4n) is 1.36. The molecule has 3 nitrogen and oxygen atoms in total. The van der Waals surface area contributed by atoms with Crippen LogP contribution in [0, 0.1) is 0 Å². The Balaban J connectivity index is 2.60. The first-order chi connectivity index (χ1) is 5.65. The largest absolute Gasteiger partial charge is 0.337 e. The third-order valence-electron chi connectivity index (χ3n) is 2.44. The number of hydrogen-bond donors (Lipinski definition) is 1. The van der Waals surface area contributed by atoms with E-state index in [1.165, 1.54) is 11.1 Å². The summed E-state index contributed by atoms with van der Waals surface area (Å²) in [7, 11) is 0. The molecule has 1 aliphatic rings. The number of hydrogen-bond acceptors (Lipinski definition) is 2. The monoisotopic (exact) mass is 168 g/mol. The zero-order valence-corrected chi connectivity index (χ0v) is 7.76. The van der Waals surface area contributed by atoms with Gasteiger partial charge in [0.05, 0.1) is 6.54 Å². The van der Waals surface area contributed by atoms with Gasteiger partial charge in [0.1, 0.15) is 0 Å². The molecule has 0 unspecified atom stereocenters. The van der Waals surface area contributed by atoms with E-state index in [0.717, 1.165) is 19.5 Å². The van der Waals surface area contributed by atoms with Crippen LogP contribution in [0.25, 0.3) is 0 Å². The molecular formula is C9H16N2O. The minimum atomic E-state index is 0.0573. The van der Waals surface area contributed by atoms with Crippen molar-refractivity contribution in [2.45, 2.75) is 20.3 Å². The highest BCUT2D eigenvalue weighted by molar-refractivity contribution is 5.78. The number of rotatable bonds is 1. The Morgan fingerprint density at radius 1 is 1.50 bits per heavy atom. The normalized spacial score (nSPS) is 18.4. The maximum atomic E-state index is 11.2. The molecule has 68 valence electrons. The summed E-state index contributed by atoms with van der Waals surface area (Å²) in [5, 5.41) is 0. The van der Waals surface area contributed by atoms with E-state index in [1.54, 1.807) is 0 Å². The van der Waals surface area contributed by atoms with Crippen LogP contribution in [0.2, 0.25) is 0 Å². The van der Waals surface area contributed by atoms with Gasteiger partial charge in [-0.1, -0.05) is 11.1 Å². The van der Waals surface area contributed by atoms with Crippen molar-refractivity contribution in [1.29, 1.82) is 0 Å². The Bertz CT molecular complexity index is 221. The molecule has 1 amide bonds. The molecule has 0 radical (unpaired) electrons. The van der Waals surface area contributed by atoms with Gasteiger partial charge in [-0.15, -0.1) is 0 Å². The van der Waals surface area contributed by atoms with Crippen molar-refractivity contribution in [3.63, 3.8) is 0 Å². The van der Waals surface area contributed by atoms with Gasteiger partial charge < -0.3 is 10.6 Å². The van der Waals surface area contributed by atoms with E-state index >= 15 is 0 Å². The van der Waals surface area contributed by atoms with E-state index in [9.17, 15) is 4.79 Å². The molecule has 0 saturated heterocycles. The zero-order valence-electron chi connectivity index (χ0n) is 7.76. The van der Waals surface area contributed by atoms with Crippen molar-refractivity contribution < 1.29 is 4.79 Å². The Labute approximate surface area is 73.2 Å². The van der Waals surface area contributed by atoms with Gasteiger partial charge in [-0.2, -0.15) is 0 Å². The average molecular weight is 168 g/mol. The van der Waals surface area contributed by atoms with E-state index in [0.29, 0.717) is 0 Å². The lowest BCUT2D eigenvalue weighted by Crippen LogP contribution is -2.40. The predicted octanol–water partition coefficient (Wildman–Crippen LogP) is 0.514. The van der Waals surface area contributed by atoms with Crippen molar-refractivity contribution in [3.05, 3.63) is 11.1 Å². The average Bonchev–Trinajstić information content (AvgIpc) is 2.08. The molecule has 0 fully saturated rings. The molecule has 1 rings (SSSR count). The Hall–Kier alpha value is -0.830. The van der Waals surface area contributed by atoms with Crippen molar-refractivity contribution in [2.75, 3.05) is 19.6 Å². The van der Waals surface area contributed by atoms with Gasteiger partial charge in [0.15, 0.2) is 0 Å². The van der Waals surface area contributed by atoms with Gasteiger partial charge in [0, 0.05) is 13.1 Å². The molecule has 1 aliphatic heterocycles. The number of nitrogens with two attached hydrogens (primary N) is 1. The molecule has 0 aliphatic carbocycles. The van der Waals surface area contributed by atoms with Gasteiger partial charge in [0.2, 0.25) is 5.91 Å². The Kier molecular flexibility index (Phi) is 2.87. The van der Waals surface area contributed by atoms with E-state index in [2.05, 4.69) is 13.8 Å². The highest BCUT2D eigenvalue weighted by Gasteiger charge is 2.16. The minimum Gasteiger partial charge on any atom is -0.337 e. The van der Waals surface area contributed by atoms with E-state index in [1.807, 2.05) is 4.90 Å². The van der Waals surface area contributed by atoms with Crippen LogP contribution >= 0.6 is 0 Å². The summed E-state index contributed by atoms with van der Waals surface area (Å²) >= 11 is 0. The number of nitrogens with zero attached hydrogens (tertiary/aromatic N) is 1. The number of amides is 1. The molecule has 0 atom stereocenters. The van der Waals surface area contributed by atoms with E-state index in [-0.39, 0.29) is 12.5 Å². The van der Waals surface area contributed by atoms with Crippen molar-refractivity contribution >= 4 is 5.91 Å². The first kappa shape index (κ1) is 9.26. The third kappa shape index (κ3) is 1.85. The summed E-state index contributed by atoms with van der Waals surface area (Å²) in [5.41, 5.74) is 8.00. The summed E-state index contributed by atoms with van der Waals surface area (Å²) in [4.78, 5) is 13.0. The summed E-state index contributed by atoms with van der Waals surface area (Å²) in [6, 6.07) is 0. The first-order valence-electron chi connectivity index (χ1n) is 4.28. The summed E-state index contributed by atoms with van der Waals surface area (Å²) in [6.45, 7) is 5.93. The van der Waals surface area contributed by atoms with Crippen LogP contribution in [0.1, 0.15) is 20.3 Å². The molecule has 2 N–H and O–H groups in total. The topological polar surface area (TPSA) is 46.3 Å². The number of carbonyl (C=O) groups is 1. The second-order valence-corrected chi connectivity index (χ2v) is 3.33. The van der Waals surface area contributed by atoms with Crippen LogP contribution in [0.3, 0.4) is 0 Å². The lowest BCUT2D eigenvalue weighted by atomic mass is 10.0. The molecule has 3 heteroatoms. The second kappa shape index (κ2) is 3.72. The molecule has 0 bridgehead atoms. The van der Waals surface area contributed by atoms with E-state index in [4.69, 9.17) is 5.73 Å². The van der Waals surface area contributed by atoms with Gasteiger partial charge in [-0.05, 0) is 20.3 Å². The van der Waals surface area contributed by atoms with Crippen molar-refractivity contribution in [3.8, 4) is 0 Å². The maximum Gasteiger partial charge on any atom is 0.236 e. The molecule has 0 aromatic rings. The fraction of sp³-hybridized carbons (Fsp3) is 0.667. The first-order valence-corrected chi connectivity index (χ1v) is 4.28. The molecule has 0 spiro atoms. The minimum absolute atomic E-state index is 0.0573. The summed E-state index contributed by atoms with van der Waals surface area (Å²) < 4.78 is 0. The van der Waals surface area contributed by atoms with Crippen LogP contribution in [-0.2, 0) is 4.79 Å². The SMILES string of the molecule is CC1=C(C)CN(C(=O)CN)CC1. The standard InChI is InChI=1S/C9H16N2O/c1-7-3-4-11(6-8(7)2)9(12)5-10/h3-6,10H2,1-2H3. The quantitative estimate of drug-likeness (QED) is 0.580. The second-order valence-electron chi connectivity index (χ2n) is 3.33. The fourth-order valence-corrected chi connectivity index (χ4v) is 1.36. The Morgan fingerprint density at radius 3 is 2.67 bits per heavy atom. The van der Waals surface area contributed by atoms with Crippen LogP contribution in [0.5, 0.6) is 0 Å². The van der Waals surface area contributed by atoms with Crippen LogP contribution in [0.4, 0.5) is 0 Å². The van der Waals surface area contributed by atoms with Gasteiger partial charge in [-0.25, -0.2) is 0 Å². The van der Waals surface area contributed by atoms with Crippen LogP contribution in [0.15, 0.2) is 11.1 Å². The third-order valence-corrected chi connectivity index (χ3v) is 2.44. The highest BCUT2D eigenvalue weighted by Crippen LogP contribution is 2.16. The summed E-state index contributed by atoms with van der Waals surface area (Å²) in [6.07, 6.45) is 0.998. The van der Waals surface area contributed by atoms with Crippen molar-refractivity contribution in [2.24, 2.45) is 5.73 Å². The van der Waals surface area contributed by atoms with Crippen molar-refractivity contribution in [1.82, 2.24) is 4.90 Å². The molecule has 12 heavy (non-hydrogen) atoms. The van der Waals surface area contributed by atoms with Crippen LogP contribution < -0.4 is 5.73 Å². The smallest absolute Gasteiger partial charge is 0.236 e. The molecule has 1 heterocycles. The predicted molar refractivity (Wildman–Crippen MR) is 48.6 cm³/mol. The van der Waals surface area contributed by atoms with Gasteiger partial charge >= 0.3 is 0 Å². The summed E-state index contributed by atoms with van der Waals surface area (Å²) in [5.74, 6) is 0.0573. The molecule has 0 aromatic heterocycles. The van der Waals surface area contributed by atoms with Crippen LogP contribution in [-0.4, -0.2) is 30.4 Å². The molecule has 0 aromatic carbocycles.